The minimum atomic E-state index is -0.328. The molecule has 9 heavy (non-hydrogen) atoms. The second-order valence-corrected chi connectivity index (χ2v) is 3.18. The Morgan fingerprint density at radius 1 is 1.56 bits per heavy atom. The van der Waals surface area contributed by atoms with Crippen molar-refractivity contribution in [1.82, 2.24) is 0 Å². The zero-order valence-corrected chi connectivity index (χ0v) is 6.10. The van der Waals surface area contributed by atoms with Crippen molar-refractivity contribution in [1.29, 1.82) is 0 Å². The fourth-order valence-electron chi connectivity index (χ4n) is 1.25. The van der Waals surface area contributed by atoms with Gasteiger partial charge in [0.2, 0.25) is 0 Å². The minimum Gasteiger partial charge on any atom is -0.233 e. The molecule has 0 spiro atoms. The van der Waals surface area contributed by atoms with Crippen LogP contribution in [0.5, 0.6) is 0 Å². The van der Waals surface area contributed by atoms with Gasteiger partial charge in [-0.15, -0.1) is 0 Å². The summed E-state index contributed by atoms with van der Waals surface area (Å²) in [4.78, 5) is 0. The predicted molar refractivity (Wildman–Crippen MR) is 36.7 cm³/mol. The van der Waals surface area contributed by atoms with E-state index in [0.717, 1.165) is 12.3 Å². The summed E-state index contributed by atoms with van der Waals surface area (Å²) in [6, 6.07) is 0. The molecular weight excluding hydrogens is 112 g/mol. The first-order chi connectivity index (χ1) is 4.29. The van der Waals surface area contributed by atoms with Crippen molar-refractivity contribution in [2.45, 2.75) is 45.1 Å². The van der Waals surface area contributed by atoms with Crippen LogP contribution in [-0.2, 0) is 5.11 Å². The maximum absolute atomic E-state index is 10.6. The molecule has 0 saturated heterocycles. The average molecular weight is 127 g/mol. The number of rotatable bonds is 3. The summed E-state index contributed by atoms with van der Waals surface area (Å²) in [5.74, 6) is 0.918. The molecule has 0 aromatic heterocycles. The molecular formula is C8H15O. The standard InChI is InChI=1S/C8H15O/c1-7(9)5-6-8-3-2-4-8/h7-8H,2-6H2,1H3. The molecule has 1 saturated carbocycles. The molecule has 1 rings (SSSR count). The molecule has 1 atom stereocenters. The van der Waals surface area contributed by atoms with E-state index in [1.165, 1.54) is 25.7 Å². The number of hydrogen-bond acceptors (Lipinski definition) is 0. The highest BCUT2D eigenvalue weighted by atomic mass is 16.3. The van der Waals surface area contributed by atoms with Crippen molar-refractivity contribution in [2.75, 3.05) is 0 Å². The van der Waals surface area contributed by atoms with E-state index < -0.39 is 0 Å². The highest BCUT2D eigenvalue weighted by Crippen LogP contribution is 2.30. The van der Waals surface area contributed by atoms with Gasteiger partial charge < -0.3 is 0 Å². The molecule has 0 N–H and O–H groups in total. The van der Waals surface area contributed by atoms with E-state index >= 15 is 0 Å². The lowest BCUT2D eigenvalue weighted by Crippen LogP contribution is -2.12. The largest absolute Gasteiger partial charge is 0.233 e. The van der Waals surface area contributed by atoms with Crippen LogP contribution in [0.3, 0.4) is 0 Å². The van der Waals surface area contributed by atoms with Crippen molar-refractivity contribution in [3.05, 3.63) is 0 Å². The Kier molecular flexibility index (Phi) is 2.52. The van der Waals surface area contributed by atoms with E-state index in [1.807, 2.05) is 0 Å². The first kappa shape index (κ1) is 7.07. The highest BCUT2D eigenvalue weighted by Gasteiger charge is 2.17. The predicted octanol–water partition coefficient (Wildman–Crippen LogP) is 2.39. The van der Waals surface area contributed by atoms with Crippen LogP contribution < -0.4 is 0 Å². The topological polar surface area (TPSA) is 19.9 Å². The summed E-state index contributed by atoms with van der Waals surface area (Å²) in [5.41, 5.74) is 0. The smallest absolute Gasteiger partial charge is 0.0902 e. The van der Waals surface area contributed by atoms with Crippen LogP contribution in [0.1, 0.15) is 39.0 Å². The van der Waals surface area contributed by atoms with Gasteiger partial charge in [0.1, 0.15) is 0 Å². The summed E-state index contributed by atoms with van der Waals surface area (Å²) in [6.07, 6.45) is 5.91. The van der Waals surface area contributed by atoms with E-state index in [2.05, 4.69) is 0 Å². The van der Waals surface area contributed by atoms with Crippen LogP contribution in [0.4, 0.5) is 0 Å². The van der Waals surface area contributed by atoms with E-state index in [9.17, 15) is 5.11 Å². The summed E-state index contributed by atoms with van der Waals surface area (Å²) in [6.45, 7) is 1.76. The van der Waals surface area contributed by atoms with Crippen molar-refractivity contribution >= 4 is 0 Å². The number of hydrogen-bond donors (Lipinski definition) is 0. The Morgan fingerprint density at radius 2 is 2.22 bits per heavy atom. The third kappa shape index (κ3) is 2.35. The summed E-state index contributed by atoms with van der Waals surface area (Å²) in [5, 5.41) is 10.6. The normalized spacial score (nSPS) is 23.3. The molecule has 1 aliphatic rings. The van der Waals surface area contributed by atoms with Crippen LogP contribution in [0.15, 0.2) is 0 Å². The van der Waals surface area contributed by atoms with Gasteiger partial charge in [0, 0.05) is 0 Å². The van der Waals surface area contributed by atoms with Gasteiger partial charge in [-0.3, -0.25) is 0 Å². The monoisotopic (exact) mass is 127 g/mol. The Balaban J connectivity index is 1.91. The summed E-state index contributed by atoms with van der Waals surface area (Å²) >= 11 is 0. The van der Waals surface area contributed by atoms with Gasteiger partial charge in [-0.25, -0.2) is 5.11 Å². The van der Waals surface area contributed by atoms with Crippen LogP contribution >= 0.6 is 0 Å². The van der Waals surface area contributed by atoms with Gasteiger partial charge in [0.15, 0.2) is 0 Å². The zero-order valence-electron chi connectivity index (χ0n) is 6.10. The molecule has 53 valence electrons. The Labute approximate surface area is 57.1 Å². The third-order valence-corrected chi connectivity index (χ3v) is 2.21. The lowest BCUT2D eigenvalue weighted by Gasteiger charge is -2.25. The first-order valence-electron chi connectivity index (χ1n) is 3.95. The van der Waals surface area contributed by atoms with E-state index in [1.54, 1.807) is 6.92 Å². The molecule has 0 aromatic carbocycles. The lowest BCUT2D eigenvalue weighted by atomic mass is 9.82. The Bertz CT molecular complexity index is 74.6. The zero-order chi connectivity index (χ0) is 6.69. The summed E-state index contributed by atoms with van der Waals surface area (Å²) in [7, 11) is 0. The van der Waals surface area contributed by atoms with Crippen LogP contribution in [-0.4, -0.2) is 6.10 Å². The third-order valence-electron chi connectivity index (χ3n) is 2.21. The fourth-order valence-corrected chi connectivity index (χ4v) is 1.25. The molecule has 1 radical (unpaired) electrons. The maximum atomic E-state index is 10.6. The highest BCUT2D eigenvalue weighted by molar-refractivity contribution is 4.69. The van der Waals surface area contributed by atoms with Crippen molar-refractivity contribution in [2.24, 2.45) is 5.92 Å². The molecule has 1 aliphatic carbocycles. The minimum absolute atomic E-state index is 0.328. The van der Waals surface area contributed by atoms with Gasteiger partial charge in [-0.1, -0.05) is 19.3 Å². The fraction of sp³-hybridized carbons (Fsp3) is 1.00. The van der Waals surface area contributed by atoms with Crippen LogP contribution in [0.2, 0.25) is 0 Å². The Morgan fingerprint density at radius 3 is 2.56 bits per heavy atom. The second-order valence-electron chi connectivity index (χ2n) is 3.18. The van der Waals surface area contributed by atoms with Crippen molar-refractivity contribution < 1.29 is 5.11 Å². The molecule has 1 heteroatoms. The van der Waals surface area contributed by atoms with Crippen LogP contribution in [0, 0.1) is 5.92 Å². The maximum Gasteiger partial charge on any atom is 0.0902 e. The van der Waals surface area contributed by atoms with E-state index in [4.69, 9.17) is 0 Å². The molecule has 0 bridgehead atoms. The second kappa shape index (κ2) is 3.21. The van der Waals surface area contributed by atoms with E-state index in [0.29, 0.717) is 0 Å². The quantitative estimate of drug-likeness (QED) is 0.554. The summed E-state index contributed by atoms with van der Waals surface area (Å²) < 4.78 is 0. The molecule has 1 nitrogen and oxygen atoms in total. The molecule has 0 amide bonds. The Hall–Kier alpha value is -0.0400. The van der Waals surface area contributed by atoms with Gasteiger partial charge >= 0.3 is 0 Å². The average Bonchev–Trinajstić information content (AvgIpc) is 1.60. The van der Waals surface area contributed by atoms with E-state index in [-0.39, 0.29) is 6.10 Å². The molecule has 1 unspecified atom stereocenters. The van der Waals surface area contributed by atoms with Gasteiger partial charge in [-0.2, -0.15) is 0 Å². The van der Waals surface area contributed by atoms with Gasteiger partial charge in [0.05, 0.1) is 6.10 Å². The van der Waals surface area contributed by atoms with Gasteiger partial charge in [0.25, 0.3) is 0 Å². The lowest BCUT2D eigenvalue weighted by molar-refractivity contribution is 0.0856. The van der Waals surface area contributed by atoms with Crippen molar-refractivity contribution in [3.8, 4) is 0 Å². The van der Waals surface area contributed by atoms with Crippen LogP contribution in [0.25, 0.3) is 0 Å². The first-order valence-corrected chi connectivity index (χ1v) is 3.95. The van der Waals surface area contributed by atoms with Crippen molar-refractivity contribution in [3.63, 3.8) is 0 Å². The molecule has 0 aliphatic heterocycles. The SMILES string of the molecule is CC([O])CCC1CCC1. The van der Waals surface area contributed by atoms with Gasteiger partial charge in [-0.05, 0) is 25.7 Å². The molecule has 0 heterocycles. The molecule has 1 fully saturated rings. The molecule has 0 aromatic rings.